The monoisotopic (exact) mass is 231 g/mol. The van der Waals surface area contributed by atoms with Gasteiger partial charge in [-0.25, -0.2) is 4.79 Å². The van der Waals surface area contributed by atoms with E-state index in [1.165, 1.54) is 0 Å². The SMILES string of the molecule is O=C(CCNCCO)OC(=O)C1CCCO1. The quantitative estimate of drug-likeness (QED) is 0.354. The summed E-state index contributed by atoms with van der Waals surface area (Å²) in [5.41, 5.74) is 0. The van der Waals surface area contributed by atoms with E-state index in [4.69, 9.17) is 9.84 Å². The number of rotatable bonds is 6. The van der Waals surface area contributed by atoms with Gasteiger partial charge in [0.15, 0.2) is 6.10 Å². The Balaban J connectivity index is 2.10. The molecule has 16 heavy (non-hydrogen) atoms. The number of hydrogen-bond acceptors (Lipinski definition) is 6. The van der Waals surface area contributed by atoms with Crippen LogP contribution in [0.2, 0.25) is 0 Å². The van der Waals surface area contributed by atoms with Gasteiger partial charge in [0.2, 0.25) is 0 Å². The van der Waals surface area contributed by atoms with Gasteiger partial charge >= 0.3 is 11.9 Å². The van der Waals surface area contributed by atoms with Gasteiger partial charge in [-0.1, -0.05) is 0 Å². The molecule has 0 radical (unpaired) electrons. The van der Waals surface area contributed by atoms with Crippen LogP contribution in [0.5, 0.6) is 0 Å². The molecule has 0 aromatic carbocycles. The molecule has 1 heterocycles. The first-order valence-electron chi connectivity index (χ1n) is 5.41. The third-order valence-corrected chi connectivity index (χ3v) is 2.20. The van der Waals surface area contributed by atoms with Gasteiger partial charge in [0, 0.05) is 19.7 Å². The zero-order valence-corrected chi connectivity index (χ0v) is 9.11. The number of ether oxygens (including phenoxy) is 2. The van der Waals surface area contributed by atoms with Gasteiger partial charge in [-0.3, -0.25) is 4.79 Å². The summed E-state index contributed by atoms with van der Waals surface area (Å²) >= 11 is 0. The predicted octanol–water partition coefficient (Wildman–Crippen LogP) is -0.793. The summed E-state index contributed by atoms with van der Waals surface area (Å²) in [4.78, 5) is 22.5. The molecule has 0 aliphatic carbocycles. The van der Waals surface area contributed by atoms with Crippen LogP contribution in [0.25, 0.3) is 0 Å². The molecule has 92 valence electrons. The fraction of sp³-hybridized carbons (Fsp3) is 0.800. The first-order valence-corrected chi connectivity index (χ1v) is 5.41. The van der Waals surface area contributed by atoms with Gasteiger partial charge in [-0.05, 0) is 12.8 Å². The van der Waals surface area contributed by atoms with Gasteiger partial charge < -0.3 is 19.9 Å². The van der Waals surface area contributed by atoms with Crippen LogP contribution in [0.15, 0.2) is 0 Å². The number of nitrogens with one attached hydrogen (secondary N) is 1. The molecule has 1 saturated heterocycles. The molecule has 2 N–H and O–H groups in total. The molecule has 1 aliphatic rings. The van der Waals surface area contributed by atoms with Gasteiger partial charge in [0.05, 0.1) is 13.0 Å². The minimum atomic E-state index is -0.593. The minimum absolute atomic E-state index is 0.0178. The summed E-state index contributed by atoms with van der Waals surface area (Å²) in [6, 6.07) is 0. The van der Waals surface area contributed by atoms with E-state index in [1.54, 1.807) is 0 Å². The van der Waals surface area contributed by atoms with Gasteiger partial charge in [-0.15, -0.1) is 0 Å². The van der Waals surface area contributed by atoms with E-state index in [-0.39, 0.29) is 13.0 Å². The van der Waals surface area contributed by atoms with E-state index in [0.29, 0.717) is 26.1 Å². The van der Waals surface area contributed by atoms with Gasteiger partial charge in [0.25, 0.3) is 0 Å². The summed E-state index contributed by atoms with van der Waals surface area (Å²) < 4.78 is 9.69. The molecule has 1 unspecified atom stereocenters. The first kappa shape index (κ1) is 13.1. The summed E-state index contributed by atoms with van der Waals surface area (Å²) in [7, 11) is 0. The molecule has 6 nitrogen and oxygen atoms in total. The van der Waals surface area contributed by atoms with Crippen molar-refractivity contribution in [1.82, 2.24) is 5.32 Å². The molecule has 1 aliphatic heterocycles. The smallest absolute Gasteiger partial charge is 0.342 e. The second-order valence-corrected chi connectivity index (χ2v) is 3.52. The van der Waals surface area contributed by atoms with Crippen molar-refractivity contribution in [1.29, 1.82) is 0 Å². The van der Waals surface area contributed by atoms with Crippen LogP contribution in [0.4, 0.5) is 0 Å². The molecule has 0 saturated carbocycles. The summed E-state index contributed by atoms with van der Waals surface area (Å²) in [6.07, 6.45) is 0.980. The Morgan fingerprint density at radius 3 is 2.88 bits per heavy atom. The lowest BCUT2D eigenvalue weighted by molar-refractivity contribution is -0.166. The topological polar surface area (TPSA) is 84.9 Å². The van der Waals surface area contributed by atoms with Crippen molar-refractivity contribution in [3.63, 3.8) is 0 Å². The maximum absolute atomic E-state index is 11.3. The fourth-order valence-electron chi connectivity index (χ4n) is 1.39. The third-order valence-electron chi connectivity index (χ3n) is 2.20. The number of aliphatic hydroxyl groups is 1. The van der Waals surface area contributed by atoms with Crippen molar-refractivity contribution < 1.29 is 24.2 Å². The van der Waals surface area contributed by atoms with E-state index in [1.807, 2.05) is 0 Å². The Hall–Kier alpha value is -0.980. The standard InChI is InChI=1S/C10H17NO5/c12-6-5-11-4-3-9(13)16-10(14)8-2-1-7-15-8/h8,11-12H,1-7H2. The zero-order chi connectivity index (χ0) is 11.8. The molecule has 6 heteroatoms. The molecule has 0 spiro atoms. The summed E-state index contributed by atoms with van der Waals surface area (Å²) in [6.45, 7) is 1.38. The van der Waals surface area contributed by atoms with E-state index in [0.717, 1.165) is 6.42 Å². The highest BCUT2D eigenvalue weighted by Crippen LogP contribution is 2.13. The largest absolute Gasteiger partial charge is 0.395 e. The summed E-state index contributed by atoms with van der Waals surface area (Å²) in [5, 5.41) is 11.3. The van der Waals surface area contributed by atoms with Gasteiger partial charge in [-0.2, -0.15) is 0 Å². The molecule has 0 aromatic heterocycles. The number of carbonyl (C=O) groups excluding carboxylic acids is 2. The molecule has 1 fully saturated rings. The highest BCUT2D eigenvalue weighted by atomic mass is 16.6. The second-order valence-electron chi connectivity index (χ2n) is 3.52. The molecular weight excluding hydrogens is 214 g/mol. The maximum Gasteiger partial charge on any atom is 0.342 e. The molecular formula is C10H17NO5. The minimum Gasteiger partial charge on any atom is -0.395 e. The van der Waals surface area contributed by atoms with E-state index >= 15 is 0 Å². The van der Waals surface area contributed by atoms with Crippen molar-refractivity contribution >= 4 is 11.9 Å². The normalized spacial score (nSPS) is 19.7. The average Bonchev–Trinajstić information content (AvgIpc) is 2.77. The lowest BCUT2D eigenvalue weighted by Crippen LogP contribution is -2.27. The molecule has 0 aromatic rings. The van der Waals surface area contributed by atoms with E-state index in [2.05, 4.69) is 10.1 Å². The molecule has 1 rings (SSSR count). The van der Waals surface area contributed by atoms with E-state index < -0.39 is 18.0 Å². The second kappa shape index (κ2) is 7.32. The predicted molar refractivity (Wildman–Crippen MR) is 54.6 cm³/mol. The van der Waals surface area contributed by atoms with Crippen LogP contribution in [-0.4, -0.2) is 49.5 Å². The maximum atomic E-state index is 11.3. The van der Waals surface area contributed by atoms with Crippen molar-refractivity contribution in [2.24, 2.45) is 0 Å². The number of hydrogen-bond donors (Lipinski definition) is 2. The lowest BCUT2D eigenvalue weighted by atomic mass is 10.2. The summed E-state index contributed by atoms with van der Waals surface area (Å²) in [5.74, 6) is -1.16. The van der Waals surface area contributed by atoms with Crippen LogP contribution in [0.1, 0.15) is 19.3 Å². The number of esters is 2. The Labute approximate surface area is 93.9 Å². The highest BCUT2D eigenvalue weighted by molar-refractivity contribution is 5.88. The fourth-order valence-corrected chi connectivity index (χ4v) is 1.39. The Bertz CT molecular complexity index is 237. The molecule has 0 amide bonds. The zero-order valence-electron chi connectivity index (χ0n) is 9.11. The number of aliphatic hydroxyl groups excluding tert-OH is 1. The van der Waals surface area contributed by atoms with Crippen LogP contribution in [-0.2, 0) is 19.1 Å². The third kappa shape index (κ3) is 4.69. The van der Waals surface area contributed by atoms with Crippen molar-refractivity contribution in [2.75, 3.05) is 26.3 Å². The van der Waals surface area contributed by atoms with Crippen LogP contribution in [0.3, 0.4) is 0 Å². The van der Waals surface area contributed by atoms with Crippen LogP contribution >= 0.6 is 0 Å². The van der Waals surface area contributed by atoms with Crippen LogP contribution in [0, 0.1) is 0 Å². The Kier molecular flexibility index (Phi) is 5.99. The van der Waals surface area contributed by atoms with Gasteiger partial charge in [0.1, 0.15) is 0 Å². The van der Waals surface area contributed by atoms with E-state index in [9.17, 15) is 9.59 Å². The van der Waals surface area contributed by atoms with Crippen molar-refractivity contribution in [2.45, 2.75) is 25.4 Å². The Morgan fingerprint density at radius 1 is 1.44 bits per heavy atom. The highest BCUT2D eigenvalue weighted by Gasteiger charge is 2.26. The number of carbonyl (C=O) groups is 2. The lowest BCUT2D eigenvalue weighted by Gasteiger charge is -2.08. The molecule has 1 atom stereocenters. The van der Waals surface area contributed by atoms with Crippen LogP contribution < -0.4 is 5.32 Å². The Morgan fingerprint density at radius 2 is 2.25 bits per heavy atom. The van der Waals surface area contributed by atoms with Crippen molar-refractivity contribution in [3.8, 4) is 0 Å². The first-order chi connectivity index (χ1) is 7.74. The molecule has 0 bridgehead atoms. The van der Waals surface area contributed by atoms with Crippen molar-refractivity contribution in [3.05, 3.63) is 0 Å². The average molecular weight is 231 g/mol.